The predicted octanol–water partition coefficient (Wildman–Crippen LogP) is 6.39. The summed E-state index contributed by atoms with van der Waals surface area (Å²) < 4.78 is 10.1. The molecule has 7 heteroatoms. The van der Waals surface area contributed by atoms with Gasteiger partial charge in [0.05, 0.1) is 5.92 Å². The van der Waals surface area contributed by atoms with Crippen molar-refractivity contribution in [3.05, 3.63) is 35.9 Å². The number of ether oxygens (including phenoxy) is 2. The minimum absolute atomic E-state index is 0. The van der Waals surface area contributed by atoms with Crippen LogP contribution < -0.4 is 11.1 Å². The summed E-state index contributed by atoms with van der Waals surface area (Å²) in [5.74, 6) is -0.490. The van der Waals surface area contributed by atoms with Crippen LogP contribution in [0.3, 0.4) is 0 Å². The van der Waals surface area contributed by atoms with E-state index >= 15 is 0 Å². The first-order valence-electron chi connectivity index (χ1n) is 12.8. The van der Waals surface area contributed by atoms with Crippen LogP contribution in [0.1, 0.15) is 90.5 Å². The van der Waals surface area contributed by atoms with Gasteiger partial charge >= 0.3 is 12.1 Å². The molecule has 1 unspecified atom stereocenters. The van der Waals surface area contributed by atoms with E-state index in [0.717, 1.165) is 19.3 Å². The molecular weight excluding hydrogens is 543 g/mol. The number of unbranched alkanes of at least 4 members (excludes halogenated alkanes) is 7. The van der Waals surface area contributed by atoms with Gasteiger partial charge in [0.2, 0.25) is 0 Å². The summed E-state index contributed by atoms with van der Waals surface area (Å²) in [5.41, 5.74) is 7.68. The molecule has 1 atom stereocenters. The van der Waals surface area contributed by atoms with Crippen molar-refractivity contribution < 1.29 is 19.1 Å². The number of hydrogen-bond acceptors (Lipinski definition) is 5. The highest BCUT2D eigenvalue weighted by atomic mass is 127. The van der Waals surface area contributed by atoms with Gasteiger partial charge in [0.25, 0.3) is 0 Å². The van der Waals surface area contributed by atoms with Gasteiger partial charge in [-0.05, 0) is 24.8 Å². The Bertz CT molecular complexity index is 657. The van der Waals surface area contributed by atoms with E-state index in [2.05, 4.69) is 24.4 Å². The van der Waals surface area contributed by atoms with Gasteiger partial charge in [-0.25, -0.2) is 4.79 Å². The van der Waals surface area contributed by atoms with Crippen molar-refractivity contribution in [2.75, 3.05) is 19.8 Å². The maximum absolute atomic E-state index is 12.0. The molecule has 1 aromatic rings. The highest BCUT2D eigenvalue weighted by Crippen LogP contribution is 2.22. The first kappa shape index (κ1) is 32.7. The highest BCUT2D eigenvalue weighted by molar-refractivity contribution is 14.0. The van der Waals surface area contributed by atoms with Gasteiger partial charge in [0.1, 0.15) is 13.2 Å². The minimum atomic E-state index is -0.510. The maximum Gasteiger partial charge on any atom is 0.407 e. The van der Waals surface area contributed by atoms with Crippen molar-refractivity contribution >= 4 is 36.0 Å². The van der Waals surface area contributed by atoms with E-state index in [4.69, 9.17) is 15.2 Å². The quantitative estimate of drug-likeness (QED) is 0.118. The van der Waals surface area contributed by atoms with E-state index in [9.17, 15) is 9.59 Å². The number of carbonyl (C=O) groups is 2. The third-order valence-corrected chi connectivity index (χ3v) is 5.85. The molecule has 6 nitrogen and oxygen atoms in total. The molecule has 0 heterocycles. The van der Waals surface area contributed by atoms with E-state index in [1.165, 1.54) is 50.5 Å². The topological polar surface area (TPSA) is 90.7 Å². The first-order valence-corrected chi connectivity index (χ1v) is 12.8. The molecule has 34 heavy (non-hydrogen) atoms. The third kappa shape index (κ3) is 16.3. The lowest BCUT2D eigenvalue weighted by Gasteiger charge is -2.30. The summed E-state index contributed by atoms with van der Waals surface area (Å²) in [6.07, 6.45) is 12.0. The lowest BCUT2D eigenvalue weighted by atomic mass is 9.83. The van der Waals surface area contributed by atoms with Crippen LogP contribution in [0.15, 0.2) is 30.3 Å². The zero-order chi connectivity index (χ0) is 24.4. The Labute approximate surface area is 224 Å². The molecule has 0 fully saturated rings. The van der Waals surface area contributed by atoms with E-state index in [1.807, 2.05) is 18.2 Å². The van der Waals surface area contributed by atoms with Crippen LogP contribution >= 0.6 is 24.0 Å². The molecule has 1 rings (SSSR count). The fourth-order valence-electron chi connectivity index (χ4n) is 3.82. The number of amides is 1. The molecule has 1 aromatic carbocycles. The number of carbonyl (C=O) groups excluding carboxylic acids is 2. The molecular formula is C27H47IN2O4. The summed E-state index contributed by atoms with van der Waals surface area (Å²) in [6, 6.07) is 10.3. The Morgan fingerprint density at radius 2 is 1.50 bits per heavy atom. The number of halogens is 1. The smallest absolute Gasteiger partial charge is 0.407 e. The lowest BCUT2D eigenvalue weighted by molar-refractivity contribution is -0.148. The molecule has 0 spiro atoms. The molecule has 0 saturated carbocycles. The second-order valence-electron chi connectivity index (χ2n) is 9.38. The van der Waals surface area contributed by atoms with Crippen molar-refractivity contribution in [3.63, 3.8) is 0 Å². The van der Waals surface area contributed by atoms with Crippen LogP contribution in [-0.2, 0) is 20.7 Å². The van der Waals surface area contributed by atoms with E-state index in [1.54, 1.807) is 13.8 Å². The second-order valence-corrected chi connectivity index (χ2v) is 9.38. The average Bonchev–Trinajstić information content (AvgIpc) is 2.79. The monoisotopic (exact) mass is 590 g/mol. The Kier molecular flexibility index (Phi) is 19.1. The van der Waals surface area contributed by atoms with Crippen LogP contribution in [0.5, 0.6) is 0 Å². The van der Waals surface area contributed by atoms with Crippen LogP contribution in [0.4, 0.5) is 4.79 Å². The summed E-state index contributed by atoms with van der Waals surface area (Å²) in [5, 5.41) is 2.78. The lowest BCUT2D eigenvalue weighted by Crippen LogP contribution is -2.45. The molecule has 0 aliphatic rings. The number of alkyl carbamates (subject to hydrolysis) is 1. The first-order chi connectivity index (χ1) is 15.9. The summed E-state index contributed by atoms with van der Waals surface area (Å²) in [6.45, 7) is 6.33. The van der Waals surface area contributed by atoms with Crippen LogP contribution in [0.25, 0.3) is 0 Å². The van der Waals surface area contributed by atoms with Gasteiger partial charge in [-0.2, -0.15) is 0 Å². The van der Waals surface area contributed by atoms with Crippen LogP contribution in [0, 0.1) is 5.92 Å². The van der Waals surface area contributed by atoms with Crippen molar-refractivity contribution in [1.29, 1.82) is 0 Å². The standard InChI is InChI=1S/C27H46N2O4.HI/c1-4-5-6-7-8-9-10-14-17-27(28,22-24-15-12-11-13-16-24)18-19-29-26(31)33-21-20-32-25(30)23(2)3;/h11-13,15-16,23H,4-10,14,17-22,28H2,1-3H3,(H,29,31);1H. The Morgan fingerprint density at radius 1 is 0.912 bits per heavy atom. The largest absolute Gasteiger partial charge is 0.462 e. The molecule has 3 N–H and O–H groups in total. The Balaban J connectivity index is 0.0000109. The summed E-state index contributed by atoms with van der Waals surface area (Å²) >= 11 is 0. The number of nitrogens with one attached hydrogen (secondary N) is 1. The van der Waals surface area contributed by atoms with Gasteiger partial charge in [-0.1, -0.05) is 102 Å². The molecule has 196 valence electrons. The second kappa shape index (κ2) is 19.9. The highest BCUT2D eigenvalue weighted by Gasteiger charge is 2.25. The SMILES string of the molecule is CCCCCCCCCCC(N)(CCNC(=O)OCCOC(=O)C(C)C)Cc1ccccc1.I. The Morgan fingerprint density at radius 3 is 2.12 bits per heavy atom. The molecule has 0 bridgehead atoms. The van der Waals surface area contributed by atoms with Gasteiger partial charge in [0, 0.05) is 12.1 Å². The van der Waals surface area contributed by atoms with Crippen molar-refractivity contribution in [3.8, 4) is 0 Å². The molecule has 0 aromatic heterocycles. The van der Waals surface area contributed by atoms with Gasteiger partial charge in [-0.3, -0.25) is 4.79 Å². The Hall–Kier alpha value is -1.35. The number of esters is 1. The van der Waals surface area contributed by atoms with Gasteiger partial charge in [0.15, 0.2) is 0 Å². The van der Waals surface area contributed by atoms with Gasteiger partial charge in [-0.15, -0.1) is 24.0 Å². The number of nitrogens with two attached hydrogens (primary N) is 1. The van der Waals surface area contributed by atoms with Crippen molar-refractivity contribution in [2.24, 2.45) is 11.7 Å². The third-order valence-electron chi connectivity index (χ3n) is 5.85. The van der Waals surface area contributed by atoms with Crippen molar-refractivity contribution in [2.45, 2.75) is 96.9 Å². The summed E-state index contributed by atoms with van der Waals surface area (Å²) in [7, 11) is 0. The zero-order valence-corrected chi connectivity index (χ0v) is 23.8. The van der Waals surface area contributed by atoms with E-state index in [0.29, 0.717) is 13.0 Å². The molecule has 0 saturated heterocycles. The molecule has 0 radical (unpaired) electrons. The number of benzene rings is 1. The molecule has 0 aliphatic carbocycles. The zero-order valence-electron chi connectivity index (χ0n) is 21.5. The molecule has 0 aliphatic heterocycles. The van der Waals surface area contributed by atoms with Crippen molar-refractivity contribution in [1.82, 2.24) is 5.32 Å². The normalized spacial score (nSPS) is 12.5. The molecule has 1 amide bonds. The van der Waals surface area contributed by atoms with Gasteiger partial charge < -0.3 is 20.5 Å². The maximum atomic E-state index is 12.0. The van der Waals surface area contributed by atoms with E-state index < -0.39 is 6.09 Å². The van der Waals surface area contributed by atoms with Crippen LogP contribution in [-0.4, -0.2) is 37.4 Å². The average molecular weight is 591 g/mol. The van der Waals surface area contributed by atoms with E-state index in [-0.39, 0.29) is 54.6 Å². The number of hydrogen-bond donors (Lipinski definition) is 2. The van der Waals surface area contributed by atoms with Crippen LogP contribution in [0.2, 0.25) is 0 Å². The number of rotatable bonds is 18. The minimum Gasteiger partial charge on any atom is -0.462 e. The summed E-state index contributed by atoms with van der Waals surface area (Å²) in [4.78, 5) is 23.4. The predicted molar refractivity (Wildman–Crippen MR) is 149 cm³/mol. The fraction of sp³-hybridized carbons (Fsp3) is 0.704. The fourth-order valence-corrected chi connectivity index (χ4v) is 3.82.